The third-order valence-corrected chi connectivity index (χ3v) is 4.10. The molecule has 0 aromatic heterocycles. The molecule has 1 heterocycles. The molecule has 2 fully saturated rings. The summed E-state index contributed by atoms with van der Waals surface area (Å²) in [5, 5.41) is 0. The van der Waals surface area contributed by atoms with Gasteiger partial charge in [-0.3, -0.25) is 4.79 Å². The third kappa shape index (κ3) is 1.89. The molecule has 1 saturated carbocycles. The van der Waals surface area contributed by atoms with E-state index in [1.807, 2.05) is 18.7 Å². The van der Waals surface area contributed by atoms with Crippen LogP contribution in [0.1, 0.15) is 33.1 Å². The van der Waals surface area contributed by atoms with Crippen LogP contribution in [0.5, 0.6) is 0 Å². The number of hydrogen-bond acceptors (Lipinski definition) is 2. The quantitative estimate of drug-likeness (QED) is 0.745. The summed E-state index contributed by atoms with van der Waals surface area (Å²) in [5.41, 5.74) is 5.27. The van der Waals surface area contributed by atoms with Crippen LogP contribution in [-0.4, -0.2) is 30.4 Å². The Kier molecular flexibility index (Phi) is 2.75. The van der Waals surface area contributed by atoms with Gasteiger partial charge in [0.05, 0.1) is 5.41 Å². The van der Waals surface area contributed by atoms with Crippen molar-refractivity contribution in [3.8, 4) is 0 Å². The summed E-state index contributed by atoms with van der Waals surface area (Å²) in [4.78, 5) is 14.2. The van der Waals surface area contributed by atoms with E-state index in [0.29, 0.717) is 6.54 Å². The van der Waals surface area contributed by atoms with Crippen molar-refractivity contribution in [1.82, 2.24) is 4.90 Å². The Morgan fingerprint density at radius 3 is 2.33 bits per heavy atom. The molecule has 0 spiro atoms. The third-order valence-electron chi connectivity index (χ3n) is 4.10. The highest BCUT2D eigenvalue weighted by Gasteiger charge is 2.41. The van der Waals surface area contributed by atoms with Crippen LogP contribution in [-0.2, 0) is 4.79 Å². The molecule has 0 aromatic rings. The molecule has 2 N–H and O–H groups in total. The topological polar surface area (TPSA) is 46.3 Å². The summed E-state index contributed by atoms with van der Waals surface area (Å²) < 4.78 is 0. The summed E-state index contributed by atoms with van der Waals surface area (Å²) in [6.45, 7) is 6.30. The zero-order valence-corrected chi connectivity index (χ0v) is 9.83. The number of hydrogen-bond donors (Lipinski definition) is 1. The van der Waals surface area contributed by atoms with Crippen LogP contribution in [0.15, 0.2) is 0 Å². The molecule has 15 heavy (non-hydrogen) atoms. The molecule has 1 saturated heterocycles. The summed E-state index contributed by atoms with van der Waals surface area (Å²) in [6.07, 6.45) is 3.99. The molecular formula is C12H22N2O. The molecule has 0 radical (unpaired) electrons. The Morgan fingerprint density at radius 1 is 1.33 bits per heavy atom. The van der Waals surface area contributed by atoms with Crippen LogP contribution in [0.3, 0.4) is 0 Å². The zero-order valence-electron chi connectivity index (χ0n) is 9.83. The minimum atomic E-state index is -0.376. The van der Waals surface area contributed by atoms with Gasteiger partial charge in [0.1, 0.15) is 0 Å². The van der Waals surface area contributed by atoms with E-state index >= 15 is 0 Å². The van der Waals surface area contributed by atoms with Crippen LogP contribution in [0, 0.1) is 17.3 Å². The SMILES string of the molecule is CC(C)(CN)C(=O)N1CC2CCCC2C1. The summed E-state index contributed by atoms with van der Waals surface area (Å²) in [7, 11) is 0. The fourth-order valence-corrected chi connectivity index (χ4v) is 2.92. The molecule has 0 bridgehead atoms. The molecule has 0 aromatic carbocycles. The Morgan fingerprint density at radius 2 is 1.87 bits per heavy atom. The lowest BCUT2D eigenvalue weighted by Crippen LogP contribution is -2.44. The van der Waals surface area contributed by atoms with Crippen molar-refractivity contribution < 1.29 is 4.79 Å². The molecule has 2 aliphatic rings. The highest BCUT2D eigenvalue weighted by atomic mass is 16.2. The number of nitrogens with two attached hydrogens (primary N) is 1. The molecule has 86 valence electrons. The van der Waals surface area contributed by atoms with E-state index in [-0.39, 0.29) is 11.3 Å². The fourth-order valence-electron chi connectivity index (χ4n) is 2.92. The first kappa shape index (κ1) is 10.9. The lowest BCUT2D eigenvalue weighted by Gasteiger charge is -2.28. The smallest absolute Gasteiger partial charge is 0.229 e. The molecule has 1 aliphatic carbocycles. The van der Waals surface area contributed by atoms with Gasteiger partial charge in [-0.25, -0.2) is 0 Å². The first-order valence-electron chi connectivity index (χ1n) is 6.04. The molecule has 3 heteroatoms. The maximum atomic E-state index is 12.2. The number of carbonyl (C=O) groups excluding carboxylic acids is 1. The summed E-state index contributed by atoms with van der Waals surface area (Å²) in [6, 6.07) is 0. The predicted molar refractivity (Wildman–Crippen MR) is 60.2 cm³/mol. The maximum Gasteiger partial charge on any atom is 0.229 e. The number of carbonyl (C=O) groups is 1. The second-order valence-corrected chi connectivity index (χ2v) is 5.75. The predicted octanol–water partition coefficient (Wildman–Crippen LogP) is 1.23. The molecule has 1 aliphatic heterocycles. The van der Waals surface area contributed by atoms with E-state index < -0.39 is 0 Å². The molecule has 2 unspecified atom stereocenters. The lowest BCUT2D eigenvalue weighted by atomic mass is 9.92. The number of rotatable bonds is 2. The normalized spacial score (nSPS) is 30.7. The van der Waals surface area contributed by atoms with Gasteiger partial charge in [-0.2, -0.15) is 0 Å². The van der Waals surface area contributed by atoms with E-state index in [2.05, 4.69) is 0 Å². The van der Waals surface area contributed by atoms with E-state index in [1.165, 1.54) is 19.3 Å². The second kappa shape index (κ2) is 3.78. The van der Waals surface area contributed by atoms with Crippen molar-refractivity contribution in [2.45, 2.75) is 33.1 Å². The van der Waals surface area contributed by atoms with Gasteiger partial charge in [-0.15, -0.1) is 0 Å². The van der Waals surface area contributed by atoms with Gasteiger partial charge in [-0.05, 0) is 38.5 Å². The highest BCUT2D eigenvalue weighted by molar-refractivity contribution is 5.82. The Balaban J connectivity index is 1.99. The van der Waals surface area contributed by atoms with Crippen molar-refractivity contribution >= 4 is 5.91 Å². The standard InChI is InChI=1S/C12H22N2O/c1-12(2,8-13)11(15)14-6-9-4-3-5-10(9)7-14/h9-10H,3-8,13H2,1-2H3. The average molecular weight is 210 g/mol. The van der Waals surface area contributed by atoms with Gasteiger partial charge >= 0.3 is 0 Å². The van der Waals surface area contributed by atoms with Crippen LogP contribution >= 0.6 is 0 Å². The van der Waals surface area contributed by atoms with Gasteiger partial charge < -0.3 is 10.6 Å². The number of likely N-dealkylation sites (tertiary alicyclic amines) is 1. The van der Waals surface area contributed by atoms with Crippen LogP contribution in [0.25, 0.3) is 0 Å². The first-order chi connectivity index (χ1) is 7.04. The van der Waals surface area contributed by atoms with Gasteiger partial charge in [0.25, 0.3) is 0 Å². The van der Waals surface area contributed by atoms with E-state index in [4.69, 9.17) is 5.73 Å². The zero-order chi connectivity index (χ0) is 11.1. The monoisotopic (exact) mass is 210 g/mol. The molecule has 2 atom stereocenters. The minimum absolute atomic E-state index is 0.249. The summed E-state index contributed by atoms with van der Waals surface area (Å²) in [5.74, 6) is 1.81. The van der Waals surface area contributed by atoms with Crippen molar-refractivity contribution in [1.29, 1.82) is 0 Å². The Labute approximate surface area is 92.0 Å². The van der Waals surface area contributed by atoms with Crippen molar-refractivity contribution in [2.75, 3.05) is 19.6 Å². The second-order valence-electron chi connectivity index (χ2n) is 5.75. The van der Waals surface area contributed by atoms with Crippen LogP contribution in [0.2, 0.25) is 0 Å². The van der Waals surface area contributed by atoms with E-state index in [0.717, 1.165) is 24.9 Å². The maximum absolute atomic E-state index is 12.2. The molecule has 2 rings (SSSR count). The molecule has 1 amide bonds. The highest BCUT2D eigenvalue weighted by Crippen LogP contribution is 2.38. The number of amides is 1. The minimum Gasteiger partial charge on any atom is -0.342 e. The van der Waals surface area contributed by atoms with E-state index in [9.17, 15) is 4.79 Å². The van der Waals surface area contributed by atoms with E-state index in [1.54, 1.807) is 0 Å². The number of fused-ring (bicyclic) bond motifs is 1. The van der Waals surface area contributed by atoms with Gasteiger partial charge in [0.2, 0.25) is 5.91 Å². The lowest BCUT2D eigenvalue weighted by molar-refractivity contribution is -0.139. The van der Waals surface area contributed by atoms with Gasteiger partial charge in [0, 0.05) is 19.6 Å². The fraction of sp³-hybridized carbons (Fsp3) is 0.917. The molecule has 3 nitrogen and oxygen atoms in total. The van der Waals surface area contributed by atoms with Crippen LogP contribution in [0.4, 0.5) is 0 Å². The first-order valence-corrected chi connectivity index (χ1v) is 6.04. The Hall–Kier alpha value is -0.570. The van der Waals surface area contributed by atoms with Gasteiger partial charge in [0.15, 0.2) is 0 Å². The largest absolute Gasteiger partial charge is 0.342 e. The van der Waals surface area contributed by atoms with Crippen molar-refractivity contribution in [3.63, 3.8) is 0 Å². The van der Waals surface area contributed by atoms with Crippen molar-refractivity contribution in [2.24, 2.45) is 23.0 Å². The molecular weight excluding hydrogens is 188 g/mol. The van der Waals surface area contributed by atoms with Crippen molar-refractivity contribution in [3.05, 3.63) is 0 Å². The number of nitrogens with zero attached hydrogens (tertiary/aromatic N) is 1. The average Bonchev–Trinajstić information content (AvgIpc) is 2.75. The van der Waals surface area contributed by atoms with Gasteiger partial charge in [-0.1, -0.05) is 6.42 Å². The summed E-state index contributed by atoms with van der Waals surface area (Å²) >= 11 is 0. The Bertz CT molecular complexity index is 250. The van der Waals surface area contributed by atoms with Crippen LogP contribution < -0.4 is 5.73 Å².